The largest absolute Gasteiger partial charge is 0.459 e. The van der Waals surface area contributed by atoms with Crippen molar-refractivity contribution in [3.8, 4) is 0 Å². The van der Waals surface area contributed by atoms with Crippen molar-refractivity contribution in [1.29, 1.82) is 0 Å². The van der Waals surface area contributed by atoms with Gasteiger partial charge >= 0.3 is 0 Å². The Morgan fingerprint density at radius 1 is 1.04 bits per heavy atom. The van der Waals surface area contributed by atoms with Gasteiger partial charge in [0.25, 0.3) is 11.8 Å². The fraction of sp³-hybridized carbons (Fsp3) is 0.429. The molecule has 140 valence electrons. The Labute approximate surface area is 155 Å². The lowest BCUT2D eigenvalue weighted by Crippen LogP contribution is -2.45. The number of nitrogens with one attached hydrogen (secondary N) is 2. The first-order valence-electron chi connectivity index (χ1n) is 8.75. The van der Waals surface area contributed by atoms with Crippen molar-refractivity contribution in [2.75, 3.05) is 5.32 Å². The molecular formula is C21H28N2O3. The number of rotatable bonds is 5. The van der Waals surface area contributed by atoms with E-state index in [1.54, 1.807) is 24.3 Å². The minimum Gasteiger partial charge on any atom is -0.459 e. The Morgan fingerprint density at radius 2 is 1.73 bits per heavy atom. The van der Waals surface area contributed by atoms with Crippen LogP contribution in [0.3, 0.4) is 0 Å². The molecule has 1 aromatic heterocycles. The summed E-state index contributed by atoms with van der Waals surface area (Å²) in [5.74, 6) is -0.276. The number of furan rings is 1. The standard InChI is InChI=1S/C21H28N2O3/c1-14-9-10-15(18(24)23-21(5,6)13-20(2,3)4)12-16(14)22-19(25)17-8-7-11-26-17/h7-12H,13H2,1-6H3,(H,22,25)(H,23,24). The third kappa shape index (κ3) is 5.48. The van der Waals surface area contributed by atoms with Gasteiger partial charge in [-0.2, -0.15) is 0 Å². The van der Waals surface area contributed by atoms with E-state index in [1.165, 1.54) is 6.26 Å². The molecule has 2 aromatic rings. The molecule has 0 saturated carbocycles. The van der Waals surface area contributed by atoms with Gasteiger partial charge in [-0.3, -0.25) is 9.59 Å². The predicted octanol–water partition coefficient (Wildman–Crippen LogP) is 4.78. The lowest BCUT2D eigenvalue weighted by Gasteiger charge is -2.33. The summed E-state index contributed by atoms with van der Waals surface area (Å²) in [4.78, 5) is 24.9. The van der Waals surface area contributed by atoms with Crippen LogP contribution >= 0.6 is 0 Å². The normalized spacial score (nSPS) is 11.9. The first-order chi connectivity index (χ1) is 12.0. The molecule has 0 radical (unpaired) electrons. The van der Waals surface area contributed by atoms with E-state index in [-0.39, 0.29) is 28.5 Å². The fourth-order valence-corrected chi connectivity index (χ4v) is 3.24. The maximum Gasteiger partial charge on any atom is 0.291 e. The molecule has 0 bridgehead atoms. The van der Waals surface area contributed by atoms with Gasteiger partial charge in [0.1, 0.15) is 0 Å². The van der Waals surface area contributed by atoms with Gasteiger partial charge in [-0.25, -0.2) is 0 Å². The Bertz CT molecular complexity index is 784. The number of benzene rings is 1. The number of amides is 2. The SMILES string of the molecule is Cc1ccc(C(=O)NC(C)(C)CC(C)(C)C)cc1NC(=O)c1ccco1. The summed E-state index contributed by atoms with van der Waals surface area (Å²) in [6, 6.07) is 8.53. The van der Waals surface area contributed by atoms with Crippen molar-refractivity contribution in [3.63, 3.8) is 0 Å². The number of hydrogen-bond acceptors (Lipinski definition) is 3. The lowest BCUT2D eigenvalue weighted by molar-refractivity contribution is 0.0890. The predicted molar refractivity (Wildman–Crippen MR) is 103 cm³/mol. The van der Waals surface area contributed by atoms with E-state index in [1.807, 2.05) is 26.8 Å². The molecular weight excluding hydrogens is 328 g/mol. The summed E-state index contributed by atoms with van der Waals surface area (Å²) in [6.45, 7) is 12.4. The minimum absolute atomic E-state index is 0.103. The first kappa shape index (κ1) is 19.8. The summed E-state index contributed by atoms with van der Waals surface area (Å²) < 4.78 is 5.11. The number of hydrogen-bond donors (Lipinski definition) is 2. The second-order valence-electron chi connectivity index (χ2n) is 8.54. The van der Waals surface area contributed by atoms with Crippen molar-refractivity contribution in [2.45, 2.75) is 53.5 Å². The van der Waals surface area contributed by atoms with E-state index in [4.69, 9.17) is 4.42 Å². The number of aryl methyl sites for hydroxylation is 1. The molecule has 1 heterocycles. The highest BCUT2D eigenvalue weighted by Gasteiger charge is 2.27. The molecule has 26 heavy (non-hydrogen) atoms. The summed E-state index contributed by atoms with van der Waals surface area (Å²) in [5.41, 5.74) is 1.74. The van der Waals surface area contributed by atoms with Gasteiger partial charge in [-0.05, 0) is 62.4 Å². The summed E-state index contributed by atoms with van der Waals surface area (Å²) in [7, 11) is 0. The quantitative estimate of drug-likeness (QED) is 0.809. The van der Waals surface area contributed by atoms with Crippen molar-refractivity contribution >= 4 is 17.5 Å². The van der Waals surface area contributed by atoms with Crippen LogP contribution in [0.25, 0.3) is 0 Å². The molecule has 2 rings (SSSR count). The fourth-order valence-electron chi connectivity index (χ4n) is 3.24. The van der Waals surface area contributed by atoms with Gasteiger partial charge in [0.15, 0.2) is 5.76 Å². The van der Waals surface area contributed by atoms with Crippen LogP contribution in [-0.4, -0.2) is 17.4 Å². The molecule has 0 saturated heterocycles. The van der Waals surface area contributed by atoms with Crippen LogP contribution in [0.1, 0.15) is 67.5 Å². The molecule has 5 nitrogen and oxygen atoms in total. The molecule has 0 spiro atoms. The van der Waals surface area contributed by atoms with Crippen LogP contribution in [0.4, 0.5) is 5.69 Å². The van der Waals surface area contributed by atoms with E-state index in [9.17, 15) is 9.59 Å². The number of carbonyl (C=O) groups is 2. The van der Waals surface area contributed by atoms with Gasteiger partial charge < -0.3 is 15.1 Å². The maximum absolute atomic E-state index is 12.7. The zero-order chi connectivity index (χ0) is 19.5. The Balaban J connectivity index is 2.15. The summed E-state index contributed by atoms with van der Waals surface area (Å²) in [5, 5.41) is 5.88. The second-order valence-corrected chi connectivity index (χ2v) is 8.54. The highest BCUT2D eigenvalue weighted by Crippen LogP contribution is 2.27. The highest BCUT2D eigenvalue weighted by molar-refractivity contribution is 6.04. The summed E-state index contributed by atoms with van der Waals surface area (Å²) >= 11 is 0. The molecule has 0 aliphatic rings. The second kappa shape index (κ2) is 7.36. The van der Waals surface area contributed by atoms with Gasteiger partial charge in [-0.15, -0.1) is 0 Å². The maximum atomic E-state index is 12.7. The van der Waals surface area contributed by atoms with Crippen LogP contribution in [-0.2, 0) is 0 Å². The smallest absolute Gasteiger partial charge is 0.291 e. The van der Waals surface area contributed by atoms with Gasteiger partial charge in [0.05, 0.1) is 6.26 Å². The van der Waals surface area contributed by atoms with Crippen molar-refractivity contribution < 1.29 is 14.0 Å². The monoisotopic (exact) mass is 356 g/mol. The first-order valence-corrected chi connectivity index (χ1v) is 8.75. The minimum atomic E-state index is -0.344. The van der Waals surface area contributed by atoms with Crippen LogP contribution in [0, 0.1) is 12.3 Å². The average Bonchev–Trinajstić information content (AvgIpc) is 3.00. The zero-order valence-electron chi connectivity index (χ0n) is 16.4. The van der Waals surface area contributed by atoms with Crippen molar-refractivity contribution in [2.24, 2.45) is 5.41 Å². The molecule has 2 amide bonds. The Morgan fingerprint density at radius 3 is 2.31 bits per heavy atom. The lowest BCUT2D eigenvalue weighted by atomic mass is 9.81. The van der Waals surface area contributed by atoms with E-state index in [2.05, 4.69) is 31.4 Å². The van der Waals surface area contributed by atoms with Gasteiger partial charge in [0, 0.05) is 16.8 Å². The molecule has 5 heteroatoms. The van der Waals surface area contributed by atoms with Crippen LogP contribution in [0.5, 0.6) is 0 Å². The molecule has 0 unspecified atom stereocenters. The van der Waals surface area contributed by atoms with Crippen molar-refractivity contribution in [1.82, 2.24) is 5.32 Å². The van der Waals surface area contributed by atoms with Gasteiger partial charge in [-0.1, -0.05) is 26.8 Å². The molecule has 0 atom stereocenters. The van der Waals surface area contributed by atoms with Gasteiger partial charge in [0.2, 0.25) is 0 Å². The third-order valence-electron chi connectivity index (χ3n) is 3.92. The van der Waals surface area contributed by atoms with Crippen LogP contribution in [0.15, 0.2) is 41.0 Å². The van der Waals surface area contributed by atoms with E-state index < -0.39 is 0 Å². The summed E-state index contributed by atoms with van der Waals surface area (Å²) in [6.07, 6.45) is 2.29. The van der Waals surface area contributed by atoms with E-state index in [0.717, 1.165) is 12.0 Å². The van der Waals surface area contributed by atoms with E-state index >= 15 is 0 Å². The van der Waals surface area contributed by atoms with E-state index in [0.29, 0.717) is 11.3 Å². The molecule has 0 aliphatic heterocycles. The van der Waals surface area contributed by atoms with Crippen LogP contribution in [0.2, 0.25) is 0 Å². The third-order valence-corrected chi connectivity index (χ3v) is 3.92. The topological polar surface area (TPSA) is 71.3 Å². The Kier molecular flexibility index (Phi) is 5.59. The molecule has 2 N–H and O–H groups in total. The number of carbonyl (C=O) groups excluding carboxylic acids is 2. The number of anilines is 1. The highest BCUT2D eigenvalue weighted by atomic mass is 16.3. The molecule has 0 aliphatic carbocycles. The van der Waals surface area contributed by atoms with Crippen molar-refractivity contribution in [3.05, 3.63) is 53.5 Å². The Hall–Kier alpha value is -2.56. The molecule has 0 fully saturated rings. The molecule has 1 aromatic carbocycles. The van der Waals surface area contributed by atoms with Crippen LogP contribution < -0.4 is 10.6 Å². The zero-order valence-corrected chi connectivity index (χ0v) is 16.4. The average molecular weight is 356 g/mol.